The number of hydrogen-bond donors (Lipinski definition) is 1. The monoisotopic (exact) mass is 441 g/mol. The summed E-state index contributed by atoms with van der Waals surface area (Å²) in [6.45, 7) is 4.23. The van der Waals surface area contributed by atoms with E-state index < -0.39 is 10.0 Å². The molecular weight excluding hydrogens is 418 g/mol. The number of anilines is 2. The molecule has 2 unspecified atom stereocenters. The van der Waals surface area contributed by atoms with Crippen molar-refractivity contribution in [2.24, 2.45) is 11.8 Å². The second-order valence-corrected chi connectivity index (χ2v) is 10.1. The van der Waals surface area contributed by atoms with Crippen molar-refractivity contribution in [3.8, 4) is 23.0 Å². The smallest absolute Gasteiger partial charge is 0.270 e. The number of aromatic nitrogens is 4. The number of nitrogen functional groups attached to an aromatic ring is 1. The quantitative estimate of drug-likeness (QED) is 0.625. The first kappa shape index (κ1) is 19.9. The average Bonchev–Trinajstić information content (AvgIpc) is 3.50. The zero-order valence-corrected chi connectivity index (χ0v) is 17.9. The lowest BCUT2D eigenvalue weighted by Gasteiger charge is -2.22. The Bertz CT molecular complexity index is 1180. The van der Waals surface area contributed by atoms with Gasteiger partial charge >= 0.3 is 0 Å². The second-order valence-electron chi connectivity index (χ2n) is 7.88. The molecule has 31 heavy (non-hydrogen) atoms. The summed E-state index contributed by atoms with van der Waals surface area (Å²) >= 11 is 0. The van der Waals surface area contributed by atoms with Crippen LogP contribution in [0.4, 0.5) is 11.6 Å². The van der Waals surface area contributed by atoms with Gasteiger partial charge in [0.25, 0.3) is 5.89 Å². The van der Waals surface area contributed by atoms with Crippen molar-refractivity contribution >= 4 is 21.7 Å². The van der Waals surface area contributed by atoms with Crippen molar-refractivity contribution in [2.75, 3.05) is 42.6 Å². The lowest BCUT2D eigenvalue weighted by atomic mass is 10.0. The van der Waals surface area contributed by atoms with Gasteiger partial charge in [-0.25, -0.2) is 22.7 Å². The Morgan fingerprint density at radius 3 is 2.42 bits per heavy atom. The van der Waals surface area contributed by atoms with Gasteiger partial charge in [-0.3, -0.25) is 0 Å². The largest absolute Gasteiger partial charge is 0.414 e. The first-order valence-corrected chi connectivity index (χ1v) is 11.8. The zero-order valence-electron chi connectivity index (χ0n) is 17.0. The van der Waals surface area contributed by atoms with Crippen LogP contribution in [0.2, 0.25) is 0 Å². The molecule has 0 aliphatic carbocycles. The number of nitrogens with two attached hydrogens (primary N) is 1. The molecule has 2 saturated heterocycles. The van der Waals surface area contributed by atoms with Crippen LogP contribution in [0.1, 0.15) is 6.92 Å². The van der Waals surface area contributed by atoms with E-state index in [1.54, 1.807) is 17.4 Å². The van der Waals surface area contributed by atoms with Gasteiger partial charge in [0.2, 0.25) is 15.9 Å². The van der Waals surface area contributed by atoms with E-state index in [2.05, 4.69) is 25.1 Å². The van der Waals surface area contributed by atoms with Crippen molar-refractivity contribution in [3.05, 3.63) is 36.5 Å². The second kappa shape index (κ2) is 7.57. The highest BCUT2D eigenvalue weighted by atomic mass is 32.2. The highest BCUT2D eigenvalue weighted by Gasteiger charge is 2.43. The van der Waals surface area contributed by atoms with Crippen molar-refractivity contribution < 1.29 is 12.8 Å². The molecule has 2 aliphatic rings. The summed E-state index contributed by atoms with van der Waals surface area (Å²) < 4.78 is 31.8. The third-order valence-electron chi connectivity index (χ3n) is 5.97. The van der Waals surface area contributed by atoms with Crippen LogP contribution in [0.5, 0.6) is 0 Å². The fourth-order valence-corrected chi connectivity index (χ4v) is 5.46. The fourth-order valence-electron chi connectivity index (χ4n) is 4.26. The lowest BCUT2D eigenvalue weighted by molar-refractivity contribution is 0.454. The predicted molar refractivity (Wildman–Crippen MR) is 115 cm³/mol. The molecule has 2 aromatic heterocycles. The van der Waals surface area contributed by atoms with Crippen molar-refractivity contribution in [1.82, 2.24) is 24.5 Å². The van der Waals surface area contributed by atoms with Gasteiger partial charge in [0.1, 0.15) is 5.82 Å². The topological polar surface area (TPSA) is 131 Å². The van der Waals surface area contributed by atoms with Crippen LogP contribution in [0, 0.1) is 11.8 Å². The zero-order chi connectivity index (χ0) is 21.6. The molecule has 2 N–H and O–H groups in total. The van der Waals surface area contributed by atoms with Crippen LogP contribution in [0.3, 0.4) is 0 Å². The summed E-state index contributed by atoms with van der Waals surface area (Å²) in [5.74, 6) is 2.17. The Morgan fingerprint density at radius 2 is 1.74 bits per heavy atom. The van der Waals surface area contributed by atoms with E-state index in [-0.39, 0.29) is 29.3 Å². The molecular formula is C20H23N7O3S. The van der Waals surface area contributed by atoms with E-state index in [0.29, 0.717) is 30.5 Å². The van der Waals surface area contributed by atoms with Gasteiger partial charge in [0.15, 0.2) is 11.5 Å². The number of fused-ring (bicyclic) bond motifs is 1. The first-order chi connectivity index (χ1) is 14.9. The molecule has 11 heteroatoms. The molecule has 2 fully saturated rings. The molecule has 0 radical (unpaired) electrons. The van der Waals surface area contributed by atoms with E-state index in [9.17, 15) is 8.42 Å². The minimum atomic E-state index is -3.15. The van der Waals surface area contributed by atoms with Gasteiger partial charge in [-0.05, 0) is 30.9 Å². The van der Waals surface area contributed by atoms with Gasteiger partial charge < -0.3 is 15.1 Å². The SMILES string of the molecule is CCS(=O)(=O)N1CC2CN(c3cnc(N)c(-c4nnc(-c5ccccc5)o4)n3)CC2C1. The van der Waals surface area contributed by atoms with E-state index in [1.165, 1.54) is 0 Å². The summed E-state index contributed by atoms with van der Waals surface area (Å²) in [5, 5.41) is 8.20. The number of sulfonamides is 1. The maximum atomic E-state index is 12.2. The lowest BCUT2D eigenvalue weighted by Crippen LogP contribution is -2.34. The molecule has 0 spiro atoms. The normalized spacial score (nSPS) is 21.5. The Balaban J connectivity index is 1.36. The van der Waals surface area contributed by atoms with Gasteiger partial charge in [0, 0.05) is 31.7 Å². The summed E-state index contributed by atoms with van der Waals surface area (Å²) in [5.41, 5.74) is 7.20. The van der Waals surface area contributed by atoms with Crippen LogP contribution < -0.4 is 10.6 Å². The summed E-state index contributed by atoms with van der Waals surface area (Å²) in [6.07, 6.45) is 1.63. The molecule has 162 valence electrons. The van der Waals surface area contributed by atoms with Crippen LogP contribution in [-0.2, 0) is 10.0 Å². The molecule has 0 saturated carbocycles. The van der Waals surface area contributed by atoms with Gasteiger partial charge in [-0.2, -0.15) is 0 Å². The van der Waals surface area contributed by atoms with E-state index in [0.717, 1.165) is 18.7 Å². The van der Waals surface area contributed by atoms with Crippen molar-refractivity contribution in [1.29, 1.82) is 0 Å². The Labute approximate surface area is 180 Å². The molecule has 4 heterocycles. The first-order valence-electron chi connectivity index (χ1n) is 10.2. The summed E-state index contributed by atoms with van der Waals surface area (Å²) in [6, 6.07) is 9.47. The van der Waals surface area contributed by atoms with Crippen LogP contribution in [0.15, 0.2) is 40.9 Å². The minimum Gasteiger partial charge on any atom is -0.414 e. The number of benzene rings is 1. The predicted octanol–water partition coefficient (Wildman–Crippen LogP) is 1.49. The van der Waals surface area contributed by atoms with Gasteiger partial charge in [-0.15, -0.1) is 10.2 Å². The van der Waals surface area contributed by atoms with Gasteiger partial charge in [0.05, 0.1) is 11.9 Å². The molecule has 2 aliphatic heterocycles. The van der Waals surface area contributed by atoms with Crippen LogP contribution in [0.25, 0.3) is 23.0 Å². The maximum absolute atomic E-state index is 12.2. The highest BCUT2D eigenvalue weighted by molar-refractivity contribution is 7.89. The fraction of sp³-hybridized carbons (Fsp3) is 0.400. The minimum absolute atomic E-state index is 0.137. The highest BCUT2D eigenvalue weighted by Crippen LogP contribution is 2.35. The molecule has 5 rings (SSSR count). The molecule has 0 bridgehead atoms. The molecule has 3 aromatic rings. The molecule has 0 amide bonds. The average molecular weight is 442 g/mol. The molecule has 10 nitrogen and oxygen atoms in total. The Hall–Kier alpha value is -3.05. The number of hydrogen-bond acceptors (Lipinski definition) is 9. The third-order valence-corrected chi connectivity index (χ3v) is 7.79. The van der Waals surface area contributed by atoms with E-state index >= 15 is 0 Å². The molecule has 1 aromatic carbocycles. The number of rotatable bonds is 5. The Morgan fingerprint density at radius 1 is 1.06 bits per heavy atom. The summed E-state index contributed by atoms with van der Waals surface area (Å²) in [7, 11) is -3.15. The molecule has 2 atom stereocenters. The maximum Gasteiger partial charge on any atom is 0.270 e. The summed E-state index contributed by atoms with van der Waals surface area (Å²) in [4.78, 5) is 11.1. The van der Waals surface area contributed by atoms with E-state index in [1.807, 2.05) is 30.3 Å². The van der Waals surface area contributed by atoms with Gasteiger partial charge in [-0.1, -0.05) is 18.2 Å². The van der Waals surface area contributed by atoms with Crippen LogP contribution in [-0.4, -0.2) is 64.8 Å². The van der Waals surface area contributed by atoms with E-state index in [4.69, 9.17) is 10.2 Å². The standard InChI is InChI=1S/C20H23N7O3S/c1-2-31(28,29)27-11-14-9-26(10-15(14)12-27)16-8-22-18(21)17(23-16)20-25-24-19(30-20)13-6-4-3-5-7-13/h3-8,14-15H,2,9-12H2,1H3,(H2,21,22). The van der Waals surface area contributed by atoms with Crippen molar-refractivity contribution in [3.63, 3.8) is 0 Å². The van der Waals surface area contributed by atoms with Crippen LogP contribution >= 0.6 is 0 Å². The van der Waals surface area contributed by atoms with Crippen molar-refractivity contribution in [2.45, 2.75) is 6.92 Å². The number of nitrogens with zero attached hydrogens (tertiary/aromatic N) is 6. The Kier molecular flexibility index (Phi) is 4.86. The third kappa shape index (κ3) is 3.63.